The summed E-state index contributed by atoms with van der Waals surface area (Å²) in [5.74, 6) is 0. The number of ether oxygens (including phenoxy) is 1. The predicted molar refractivity (Wildman–Crippen MR) is 60.9 cm³/mol. The van der Waals surface area contributed by atoms with Crippen molar-refractivity contribution in [3.8, 4) is 0 Å². The summed E-state index contributed by atoms with van der Waals surface area (Å²) in [6.45, 7) is 4.58. The monoisotopic (exact) mass is 213 g/mol. The molecule has 1 aromatic rings. The zero-order chi connectivity index (χ0) is 10.6. The lowest BCUT2D eigenvalue weighted by Gasteiger charge is -2.10. The second-order valence-electron chi connectivity index (χ2n) is 3.42. The van der Waals surface area contributed by atoms with E-state index in [1.54, 1.807) is 0 Å². The summed E-state index contributed by atoms with van der Waals surface area (Å²) >= 11 is 6.03. The third kappa shape index (κ3) is 3.20. The van der Waals surface area contributed by atoms with Crippen LogP contribution in [-0.4, -0.2) is 13.2 Å². The van der Waals surface area contributed by atoms with Gasteiger partial charge >= 0.3 is 0 Å². The van der Waals surface area contributed by atoms with Crippen molar-refractivity contribution in [1.82, 2.24) is 0 Å². The predicted octanol–water partition coefficient (Wildman–Crippen LogP) is 3.31. The van der Waals surface area contributed by atoms with Crippen LogP contribution in [0.1, 0.15) is 19.4 Å². The normalized spacial score (nSPS) is 10.6. The summed E-state index contributed by atoms with van der Waals surface area (Å²) in [4.78, 5) is 0. The Balaban J connectivity index is 2.73. The van der Waals surface area contributed by atoms with E-state index in [1.165, 1.54) is 0 Å². The minimum atomic E-state index is 0.226. The summed E-state index contributed by atoms with van der Waals surface area (Å²) in [7, 11) is 1.89. The van der Waals surface area contributed by atoms with E-state index in [9.17, 15) is 0 Å². The number of hydrogen-bond donors (Lipinski definition) is 1. The highest BCUT2D eigenvalue weighted by Gasteiger charge is 2.02. The topological polar surface area (TPSA) is 21.3 Å². The standard InChI is InChI=1S/C11H16ClNO/c1-8(2)14-7-9-6-10(13-3)4-5-11(9)12/h4-6,8,13H,7H2,1-3H3. The average molecular weight is 214 g/mol. The number of nitrogens with one attached hydrogen (secondary N) is 1. The van der Waals surface area contributed by atoms with E-state index in [2.05, 4.69) is 5.32 Å². The van der Waals surface area contributed by atoms with Gasteiger partial charge in [0.15, 0.2) is 0 Å². The molecule has 0 saturated carbocycles. The molecule has 0 amide bonds. The van der Waals surface area contributed by atoms with Gasteiger partial charge in [-0.25, -0.2) is 0 Å². The van der Waals surface area contributed by atoms with E-state index in [0.717, 1.165) is 16.3 Å². The highest BCUT2D eigenvalue weighted by molar-refractivity contribution is 6.31. The minimum Gasteiger partial charge on any atom is -0.388 e. The number of halogens is 1. The van der Waals surface area contributed by atoms with Gasteiger partial charge in [-0.2, -0.15) is 0 Å². The minimum absolute atomic E-state index is 0.226. The molecule has 0 aliphatic carbocycles. The van der Waals surface area contributed by atoms with Crippen LogP contribution in [0.3, 0.4) is 0 Å². The van der Waals surface area contributed by atoms with Crippen molar-refractivity contribution in [3.05, 3.63) is 28.8 Å². The van der Waals surface area contributed by atoms with Gasteiger partial charge in [-0.05, 0) is 37.6 Å². The number of benzene rings is 1. The Hall–Kier alpha value is -0.730. The third-order valence-electron chi connectivity index (χ3n) is 1.91. The largest absolute Gasteiger partial charge is 0.388 e. The lowest BCUT2D eigenvalue weighted by atomic mass is 10.2. The highest BCUT2D eigenvalue weighted by Crippen LogP contribution is 2.21. The number of rotatable bonds is 4. The molecule has 2 nitrogen and oxygen atoms in total. The first-order valence-corrected chi connectivity index (χ1v) is 5.09. The number of hydrogen-bond acceptors (Lipinski definition) is 2. The molecule has 0 aliphatic rings. The van der Waals surface area contributed by atoms with Gasteiger partial charge in [0.1, 0.15) is 0 Å². The third-order valence-corrected chi connectivity index (χ3v) is 2.28. The Morgan fingerprint density at radius 2 is 2.14 bits per heavy atom. The summed E-state index contributed by atoms with van der Waals surface area (Å²) in [5, 5.41) is 3.82. The molecule has 0 atom stereocenters. The van der Waals surface area contributed by atoms with Crippen LogP contribution < -0.4 is 5.32 Å². The molecular formula is C11H16ClNO. The molecule has 3 heteroatoms. The second-order valence-corrected chi connectivity index (χ2v) is 3.82. The first kappa shape index (κ1) is 11.3. The van der Waals surface area contributed by atoms with Crippen molar-refractivity contribution in [3.63, 3.8) is 0 Å². The van der Waals surface area contributed by atoms with Gasteiger partial charge < -0.3 is 10.1 Å². The van der Waals surface area contributed by atoms with Crippen molar-refractivity contribution in [2.75, 3.05) is 12.4 Å². The van der Waals surface area contributed by atoms with Crippen LogP contribution in [0.4, 0.5) is 5.69 Å². The molecule has 0 spiro atoms. The van der Waals surface area contributed by atoms with E-state index >= 15 is 0 Å². The Morgan fingerprint density at radius 1 is 1.43 bits per heavy atom. The van der Waals surface area contributed by atoms with Crippen LogP contribution in [0, 0.1) is 0 Å². The van der Waals surface area contributed by atoms with Crippen LogP contribution in [0.2, 0.25) is 5.02 Å². The zero-order valence-electron chi connectivity index (χ0n) is 8.80. The number of anilines is 1. The second kappa shape index (κ2) is 5.23. The van der Waals surface area contributed by atoms with Crippen molar-refractivity contribution in [1.29, 1.82) is 0 Å². The Labute approximate surface area is 90.2 Å². The van der Waals surface area contributed by atoms with E-state index in [1.807, 2.05) is 39.1 Å². The molecule has 0 radical (unpaired) electrons. The van der Waals surface area contributed by atoms with E-state index in [-0.39, 0.29) is 6.10 Å². The van der Waals surface area contributed by atoms with Crippen LogP contribution in [0.25, 0.3) is 0 Å². The summed E-state index contributed by atoms with van der Waals surface area (Å²) < 4.78 is 5.50. The summed E-state index contributed by atoms with van der Waals surface area (Å²) in [6.07, 6.45) is 0.226. The fourth-order valence-electron chi connectivity index (χ4n) is 1.10. The molecule has 0 unspecified atom stereocenters. The Morgan fingerprint density at radius 3 is 2.71 bits per heavy atom. The molecule has 1 aromatic carbocycles. The smallest absolute Gasteiger partial charge is 0.0735 e. The van der Waals surface area contributed by atoms with E-state index in [0.29, 0.717) is 6.61 Å². The molecule has 14 heavy (non-hydrogen) atoms. The molecule has 0 aromatic heterocycles. The lowest BCUT2D eigenvalue weighted by Crippen LogP contribution is -2.03. The fourth-order valence-corrected chi connectivity index (χ4v) is 1.27. The SMILES string of the molecule is CNc1ccc(Cl)c(COC(C)C)c1. The molecule has 0 bridgehead atoms. The van der Waals surface area contributed by atoms with E-state index < -0.39 is 0 Å². The first-order chi connectivity index (χ1) is 6.63. The maximum atomic E-state index is 6.03. The van der Waals surface area contributed by atoms with Gasteiger partial charge in [0.05, 0.1) is 12.7 Å². The zero-order valence-corrected chi connectivity index (χ0v) is 9.56. The summed E-state index contributed by atoms with van der Waals surface area (Å²) in [5.41, 5.74) is 2.07. The molecule has 0 heterocycles. The molecule has 0 aliphatic heterocycles. The van der Waals surface area contributed by atoms with Gasteiger partial charge in [0.25, 0.3) is 0 Å². The molecule has 1 N–H and O–H groups in total. The van der Waals surface area contributed by atoms with Gasteiger partial charge in [0, 0.05) is 17.8 Å². The molecule has 0 fully saturated rings. The van der Waals surface area contributed by atoms with E-state index in [4.69, 9.17) is 16.3 Å². The highest BCUT2D eigenvalue weighted by atomic mass is 35.5. The Bertz CT molecular complexity index is 299. The average Bonchev–Trinajstić information content (AvgIpc) is 2.16. The lowest BCUT2D eigenvalue weighted by molar-refractivity contribution is 0.0658. The van der Waals surface area contributed by atoms with Gasteiger partial charge in [-0.15, -0.1) is 0 Å². The van der Waals surface area contributed by atoms with Crippen LogP contribution in [0.5, 0.6) is 0 Å². The van der Waals surface area contributed by atoms with Crippen molar-refractivity contribution < 1.29 is 4.74 Å². The van der Waals surface area contributed by atoms with Gasteiger partial charge in [-0.3, -0.25) is 0 Å². The maximum absolute atomic E-state index is 6.03. The van der Waals surface area contributed by atoms with Crippen LogP contribution >= 0.6 is 11.6 Å². The molecule has 78 valence electrons. The quantitative estimate of drug-likeness (QED) is 0.829. The Kier molecular flexibility index (Phi) is 4.23. The maximum Gasteiger partial charge on any atom is 0.0735 e. The van der Waals surface area contributed by atoms with Crippen molar-refractivity contribution in [2.45, 2.75) is 26.6 Å². The van der Waals surface area contributed by atoms with Crippen molar-refractivity contribution in [2.24, 2.45) is 0 Å². The molecule has 0 saturated heterocycles. The molecule has 1 rings (SSSR count). The fraction of sp³-hybridized carbons (Fsp3) is 0.455. The summed E-state index contributed by atoms with van der Waals surface area (Å²) in [6, 6.07) is 5.83. The van der Waals surface area contributed by atoms with Crippen molar-refractivity contribution >= 4 is 17.3 Å². The van der Waals surface area contributed by atoms with Gasteiger partial charge in [-0.1, -0.05) is 11.6 Å². The first-order valence-electron chi connectivity index (χ1n) is 4.71. The molecular weight excluding hydrogens is 198 g/mol. The van der Waals surface area contributed by atoms with Gasteiger partial charge in [0.2, 0.25) is 0 Å². The van der Waals surface area contributed by atoms with Crippen LogP contribution in [-0.2, 0) is 11.3 Å². The van der Waals surface area contributed by atoms with Crippen LogP contribution in [0.15, 0.2) is 18.2 Å².